The summed E-state index contributed by atoms with van der Waals surface area (Å²) in [4.78, 5) is 22.6. The van der Waals surface area contributed by atoms with Crippen molar-refractivity contribution in [2.24, 2.45) is 11.3 Å². The summed E-state index contributed by atoms with van der Waals surface area (Å²) in [6, 6.07) is 0. The number of carbonyl (C=O) groups excluding carboxylic acids is 1. The summed E-state index contributed by atoms with van der Waals surface area (Å²) in [7, 11) is 0. The van der Waals surface area contributed by atoms with E-state index < -0.39 is 11.4 Å². The van der Waals surface area contributed by atoms with Gasteiger partial charge >= 0.3 is 11.8 Å². The Bertz CT molecular complexity index is 337. The monoisotopic (exact) mass is 286 g/mol. The summed E-state index contributed by atoms with van der Waals surface area (Å²) in [5.41, 5.74) is -0.433. The molecule has 0 spiro atoms. The molecule has 1 rings (SSSR count). The van der Waals surface area contributed by atoms with Gasteiger partial charge in [0.1, 0.15) is 5.60 Å². The minimum absolute atomic E-state index is 0.0606. The summed E-state index contributed by atoms with van der Waals surface area (Å²) in [5.74, 6) is -1.47. The van der Waals surface area contributed by atoms with Crippen LogP contribution in [0.15, 0.2) is 0 Å². The molecule has 1 fully saturated rings. The maximum absolute atomic E-state index is 12.4. The number of carbonyl (C=O) groups is 1. The predicted molar refractivity (Wildman–Crippen MR) is 77.8 cm³/mol. The summed E-state index contributed by atoms with van der Waals surface area (Å²) in [6.07, 6.45) is 3.51. The zero-order valence-corrected chi connectivity index (χ0v) is 14.0. The lowest BCUT2D eigenvalue weighted by atomic mass is 9.83. The molecule has 1 heterocycles. The second-order valence-electron chi connectivity index (χ2n) is 7.61. The Morgan fingerprint density at radius 3 is 2.05 bits per heavy atom. The van der Waals surface area contributed by atoms with Crippen LogP contribution in [0.25, 0.3) is 0 Å². The van der Waals surface area contributed by atoms with Crippen molar-refractivity contribution in [3.8, 4) is 0 Å². The summed E-state index contributed by atoms with van der Waals surface area (Å²) >= 11 is 0. The largest absolute Gasteiger partial charge is 0.456 e. The third kappa shape index (κ3) is 4.45. The molecule has 4 nitrogen and oxygen atoms in total. The van der Waals surface area contributed by atoms with Crippen molar-refractivity contribution in [3.63, 3.8) is 0 Å². The minimum atomic E-state index is -1.15. The van der Waals surface area contributed by atoms with Gasteiger partial charge in [0.25, 0.3) is 0 Å². The molecule has 0 saturated carbocycles. The number of esters is 1. The maximum atomic E-state index is 12.4. The Morgan fingerprint density at radius 1 is 1.15 bits per heavy atom. The lowest BCUT2D eigenvalue weighted by Gasteiger charge is -2.33. The van der Waals surface area contributed by atoms with Crippen molar-refractivity contribution < 1.29 is 19.3 Å². The standard InChI is InChI=1S/C16H30O4/c1-8-10-12(9-2)16(19-20-16)13(17)18-15(6,7)11-14(3,4)5/h12H,8-11H2,1-7H3. The van der Waals surface area contributed by atoms with Crippen molar-refractivity contribution in [1.82, 2.24) is 0 Å². The van der Waals surface area contributed by atoms with E-state index in [4.69, 9.17) is 14.5 Å². The zero-order chi connectivity index (χ0) is 15.6. The van der Waals surface area contributed by atoms with Gasteiger partial charge in [-0.05, 0) is 38.5 Å². The molecule has 4 heteroatoms. The second-order valence-corrected chi connectivity index (χ2v) is 7.61. The smallest absolute Gasteiger partial charge is 0.373 e. The SMILES string of the molecule is CCCC(CC)C1(C(=O)OC(C)(C)CC(C)(C)C)OO1. The summed E-state index contributed by atoms with van der Waals surface area (Å²) in [5, 5.41) is 0. The minimum Gasteiger partial charge on any atom is -0.456 e. The van der Waals surface area contributed by atoms with Gasteiger partial charge < -0.3 is 4.74 Å². The van der Waals surface area contributed by atoms with Crippen LogP contribution in [0.5, 0.6) is 0 Å². The van der Waals surface area contributed by atoms with Gasteiger partial charge in [-0.25, -0.2) is 4.79 Å². The molecule has 118 valence electrons. The molecule has 20 heavy (non-hydrogen) atoms. The van der Waals surface area contributed by atoms with Crippen LogP contribution in [0.3, 0.4) is 0 Å². The van der Waals surface area contributed by atoms with E-state index >= 15 is 0 Å². The van der Waals surface area contributed by atoms with E-state index in [9.17, 15) is 4.79 Å². The molecule has 0 aromatic rings. The number of ether oxygens (including phenoxy) is 1. The van der Waals surface area contributed by atoms with Crippen molar-refractivity contribution >= 4 is 5.97 Å². The van der Waals surface area contributed by atoms with Gasteiger partial charge in [0, 0.05) is 5.92 Å². The van der Waals surface area contributed by atoms with Crippen LogP contribution in [0.2, 0.25) is 0 Å². The van der Waals surface area contributed by atoms with Gasteiger partial charge in [-0.1, -0.05) is 41.0 Å². The molecular weight excluding hydrogens is 256 g/mol. The van der Waals surface area contributed by atoms with Crippen molar-refractivity contribution in [2.45, 2.75) is 85.5 Å². The molecule has 1 aliphatic rings. The predicted octanol–water partition coefficient (Wildman–Crippen LogP) is 4.23. The molecule has 0 N–H and O–H groups in total. The highest BCUT2D eigenvalue weighted by molar-refractivity contribution is 5.80. The van der Waals surface area contributed by atoms with Crippen LogP contribution < -0.4 is 0 Å². The Labute approximate surface area is 123 Å². The van der Waals surface area contributed by atoms with Crippen molar-refractivity contribution in [1.29, 1.82) is 0 Å². The van der Waals surface area contributed by atoms with E-state index in [0.717, 1.165) is 25.7 Å². The van der Waals surface area contributed by atoms with Crippen molar-refractivity contribution in [3.05, 3.63) is 0 Å². The van der Waals surface area contributed by atoms with E-state index in [1.807, 2.05) is 20.8 Å². The second kappa shape index (κ2) is 6.02. The average Bonchev–Trinajstić information content (AvgIpc) is 3.02. The molecule has 1 atom stereocenters. The molecule has 0 aromatic carbocycles. The lowest BCUT2D eigenvalue weighted by molar-refractivity contribution is -0.169. The third-order valence-electron chi connectivity index (χ3n) is 3.54. The Morgan fingerprint density at radius 2 is 1.70 bits per heavy atom. The zero-order valence-electron chi connectivity index (χ0n) is 14.0. The first-order valence-corrected chi connectivity index (χ1v) is 7.66. The van der Waals surface area contributed by atoms with E-state index in [2.05, 4.69) is 27.7 Å². The number of hydrogen-bond acceptors (Lipinski definition) is 4. The van der Waals surface area contributed by atoms with Gasteiger partial charge in [-0.2, -0.15) is 9.78 Å². The summed E-state index contributed by atoms with van der Waals surface area (Å²) < 4.78 is 5.68. The highest BCUT2D eigenvalue weighted by Gasteiger charge is 2.63. The molecular formula is C16H30O4. The molecule has 1 aliphatic heterocycles. The first-order chi connectivity index (χ1) is 9.06. The highest BCUT2D eigenvalue weighted by atomic mass is 17.4. The first-order valence-electron chi connectivity index (χ1n) is 7.66. The van der Waals surface area contributed by atoms with Gasteiger partial charge in [0.2, 0.25) is 0 Å². The molecule has 0 amide bonds. The highest BCUT2D eigenvalue weighted by Crippen LogP contribution is 2.44. The lowest BCUT2D eigenvalue weighted by Crippen LogP contribution is -2.41. The summed E-state index contributed by atoms with van der Waals surface area (Å²) in [6.45, 7) is 14.4. The molecule has 1 saturated heterocycles. The average molecular weight is 286 g/mol. The quantitative estimate of drug-likeness (QED) is 0.399. The fourth-order valence-corrected chi connectivity index (χ4v) is 3.06. The van der Waals surface area contributed by atoms with Gasteiger partial charge in [0.15, 0.2) is 0 Å². The van der Waals surface area contributed by atoms with Gasteiger partial charge in [0.05, 0.1) is 0 Å². The van der Waals surface area contributed by atoms with Crippen LogP contribution in [-0.2, 0) is 19.3 Å². The number of rotatable bonds is 7. The van der Waals surface area contributed by atoms with Crippen LogP contribution in [0, 0.1) is 11.3 Å². The van der Waals surface area contributed by atoms with Crippen molar-refractivity contribution in [2.75, 3.05) is 0 Å². The fraction of sp³-hybridized carbons (Fsp3) is 0.938. The molecule has 0 bridgehead atoms. The fourth-order valence-electron chi connectivity index (χ4n) is 3.06. The van der Waals surface area contributed by atoms with Crippen LogP contribution in [-0.4, -0.2) is 17.4 Å². The van der Waals surface area contributed by atoms with E-state index in [1.54, 1.807) is 0 Å². The first kappa shape index (κ1) is 17.4. The van der Waals surface area contributed by atoms with Gasteiger partial charge in [-0.15, -0.1) is 0 Å². The molecule has 0 radical (unpaired) electrons. The van der Waals surface area contributed by atoms with Gasteiger partial charge in [-0.3, -0.25) is 0 Å². The van der Waals surface area contributed by atoms with E-state index in [0.29, 0.717) is 0 Å². The molecule has 1 unspecified atom stereocenters. The molecule has 0 aromatic heterocycles. The Hall–Kier alpha value is -0.610. The topological polar surface area (TPSA) is 51.4 Å². The maximum Gasteiger partial charge on any atom is 0.373 e. The molecule has 0 aliphatic carbocycles. The number of hydrogen-bond donors (Lipinski definition) is 0. The Kier molecular flexibility index (Phi) is 5.25. The van der Waals surface area contributed by atoms with Crippen LogP contribution >= 0.6 is 0 Å². The van der Waals surface area contributed by atoms with Crippen LogP contribution in [0.4, 0.5) is 0 Å². The Balaban J connectivity index is 2.70. The van der Waals surface area contributed by atoms with E-state index in [-0.39, 0.29) is 17.3 Å². The van der Waals surface area contributed by atoms with Crippen LogP contribution in [0.1, 0.15) is 74.1 Å². The third-order valence-corrected chi connectivity index (χ3v) is 3.54. The van der Waals surface area contributed by atoms with E-state index in [1.165, 1.54) is 0 Å². The normalized spacial score (nSPS) is 19.6.